The van der Waals surface area contributed by atoms with Gasteiger partial charge in [0.15, 0.2) is 0 Å². The van der Waals surface area contributed by atoms with Crippen molar-refractivity contribution in [1.82, 2.24) is 9.88 Å². The number of nitrogens with zero attached hydrogens (tertiary/aromatic N) is 1. The van der Waals surface area contributed by atoms with E-state index in [4.69, 9.17) is 0 Å². The molecule has 1 aliphatic heterocycles. The Morgan fingerprint density at radius 1 is 1.16 bits per heavy atom. The van der Waals surface area contributed by atoms with Gasteiger partial charge in [0, 0.05) is 35.5 Å². The molecule has 3 aromatic rings. The molecule has 25 heavy (non-hydrogen) atoms. The highest BCUT2D eigenvalue weighted by Crippen LogP contribution is 2.42. The molecule has 0 saturated heterocycles. The van der Waals surface area contributed by atoms with Crippen LogP contribution in [0.3, 0.4) is 0 Å². The molecule has 0 saturated carbocycles. The summed E-state index contributed by atoms with van der Waals surface area (Å²) >= 11 is 0. The first-order valence-corrected chi connectivity index (χ1v) is 9.14. The van der Waals surface area contributed by atoms with Crippen LogP contribution in [0.2, 0.25) is 0 Å². The van der Waals surface area contributed by atoms with Crippen LogP contribution in [-0.2, 0) is 11.2 Å². The van der Waals surface area contributed by atoms with Gasteiger partial charge in [-0.25, -0.2) is 0 Å². The summed E-state index contributed by atoms with van der Waals surface area (Å²) in [5.74, 6) is 0.473. The first kappa shape index (κ1) is 15.9. The molecule has 1 aromatic heterocycles. The predicted molar refractivity (Wildman–Crippen MR) is 102 cm³/mol. The van der Waals surface area contributed by atoms with E-state index < -0.39 is 0 Å². The summed E-state index contributed by atoms with van der Waals surface area (Å²) in [6.45, 7) is 4.98. The number of benzene rings is 2. The molecule has 2 atom stereocenters. The fraction of sp³-hybridized carbons (Fsp3) is 0.318. The minimum atomic E-state index is 0.0611. The first-order valence-electron chi connectivity index (χ1n) is 9.14. The number of fused-ring (bicyclic) bond motifs is 3. The van der Waals surface area contributed by atoms with Gasteiger partial charge in [0.05, 0.1) is 6.04 Å². The van der Waals surface area contributed by atoms with Gasteiger partial charge in [-0.3, -0.25) is 4.79 Å². The van der Waals surface area contributed by atoms with Gasteiger partial charge in [-0.1, -0.05) is 62.4 Å². The molecule has 1 aliphatic rings. The lowest BCUT2D eigenvalue weighted by molar-refractivity contribution is -0.134. The molecule has 0 aliphatic carbocycles. The van der Waals surface area contributed by atoms with Crippen molar-refractivity contribution in [3.63, 3.8) is 0 Å². The first-order chi connectivity index (χ1) is 12.2. The molecular weight excluding hydrogens is 308 g/mol. The van der Waals surface area contributed by atoms with Crippen molar-refractivity contribution in [1.29, 1.82) is 0 Å². The molecule has 0 fully saturated rings. The fourth-order valence-electron chi connectivity index (χ4n) is 4.21. The molecule has 2 unspecified atom stereocenters. The van der Waals surface area contributed by atoms with Crippen molar-refractivity contribution in [2.24, 2.45) is 0 Å². The van der Waals surface area contributed by atoms with Gasteiger partial charge in [-0.15, -0.1) is 0 Å². The Balaban J connectivity index is 1.86. The van der Waals surface area contributed by atoms with Gasteiger partial charge in [0.1, 0.15) is 0 Å². The summed E-state index contributed by atoms with van der Waals surface area (Å²) in [6, 6.07) is 19.1. The number of para-hydroxylation sites is 1. The number of carbonyl (C=O) groups is 1. The van der Waals surface area contributed by atoms with Crippen molar-refractivity contribution in [2.75, 3.05) is 6.54 Å². The normalized spacial score (nSPS) is 18.2. The lowest BCUT2D eigenvalue weighted by Crippen LogP contribution is -2.41. The Morgan fingerprint density at radius 2 is 1.88 bits per heavy atom. The van der Waals surface area contributed by atoms with Crippen LogP contribution in [-0.4, -0.2) is 22.3 Å². The Labute approximate surface area is 148 Å². The zero-order chi connectivity index (χ0) is 17.4. The van der Waals surface area contributed by atoms with Crippen LogP contribution in [0.4, 0.5) is 0 Å². The maximum absolute atomic E-state index is 12.7. The minimum absolute atomic E-state index is 0.0611. The zero-order valence-electron chi connectivity index (χ0n) is 14.8. The third kappa shape index (κ3) is 2.64. The number of rotatable bonds is 3. The molecule has 2 aromatic carbocycles. The number of carbonyl (C=O) groups excluding carboxylic acids is 1. The average molecular weight is 332 g/mol. The molecule has 2 heterocycles. The largest absolute Gasteiger partial charge is 0.356 e. The van der Waals surface area contributed by atoms with Gasteiger partial charge in [-0.05, 0) is 23.6 Å². The SMILES string of the molecule is CCC(=O)N1CCc2c([nH]c3ccccc23)C1C(C)c1ccccc1. The van der Waals surface area contributed by atoms with Crippen LogP contribution in [0.25, 0.3) is 10.9 Å². The van der Waals surface area contributed by atoms with Crippen molar-refractivity contribution in [3.8, 4) is 0 Å². The highest BCUT2D eigenvalue weighted by molar-refractivity contribution is 5.86. The van der Waals surface area contributed by atoms with E-state index in [1.807, 2.05) is 13.0 Å². The topological polar surface area (TPSA) is 36.1 Å². The zero-order valence-corrected chi connectivity index (χ0v) is 14.8. The molecule has 3 heteroatoms. The van der Waals surface area contributed by atoms with Gasteiger partial charge < -0.3 is 9.88 Å². The van der Waals surface area contributed by atoms with Crippen LogP contribution in [0.5, 0.6) is 0 Å². The molecule has 1 N–H and O–H groups in total. The third-order valence-electron chi connectivity index (χ3n) is 5.50. The number of nitrogens with one attached hydrogen (secondary N) is 1. The van der Waals surface area contributed by atoms with E-state index in [0.29, 0.717) is 6.42 Å². The second kappa shape index (κ2) is 6.40. The highest BCUT2D eigenvalue weighted by Gasteiger charge is 2.36. The maximum Gasteiger partial charge on any atom is 0.222 e. The van der Waals surface area contributed by atoms with E-state index >= 15 is 0 Å². The van der Waals surface area contributed by atoms with E-state index in [0.717, 1.165) is 13.0 Å². The average Bonchev–Trinajstić information content (AvgIpc) is 3.05. The van der Waals surface area contributed by atoms with Crippen LogP contribution in [0.15, 0.2) is 54.6 Å². The number of aromatic amines is 1. The van der Waals surface area contributed by atoms with Crippen molar-refractivity contribution in [3.05, 3.63) is 71.4 Å². The van der Waals surface area contributed by atoms with E-state index in [-0.39, 0.29) is 17.9 Å². The van der Waals surface area contributed by atoms with Crippen molar-refractivity contribution < 1.29 is 4.79 Å². The third-order valence-corrected chi connectivity index (χ3v) is 5.50. The van der Waals surface area contributed by atoms with Crippen LogP contribution in [0.1, 0.15) is 49.0 Å². The van der Waals surface area contributed by atoms with E-state index in [1.54, 1.807) is 0 Å². The van der Waals surface area contributed by atoms with Crippen LogP contribution < -0.4 is 0 Å². The number of aromatic nitrogens is 1. The van der Waals surface area contributed by atoms with E-state index in [2.05, 4.69) is 65.3 Å². The predicted octanol–water partition coefficient (Wildman–Crippen LogP) is 4.81. The van der Waals surface area contributed by atoms with Gasteiger partial charge in [0.25, 0.3) is 0 Å². The molecule has 4 rings (SSSR count). The molecule has 1 amide bonds. The summed E-state index contributed by atoms with van der Waals surface area (Å²) in [5.41, 5.74) is 5.03. The quantitative estimate of drug-likeness (QED) is 0.734. The molecule has 128 valence electrons. The smallest absolute Gasteiger partial charge is 0.222 e. The number of H-pyrrole nitrogens is 1. The second-order valence-electron chi connectivity index (χ2n) is 6.90. The lowest BCUT2D eigenvalue weighted by Gasteiger charge is -2.39. The van der Waals surface area contributed by atoms with Crippen LogP contribution >= 0.6 is 0 Å². The molecule has 0 spiro atoms. The number of hydrogen-bond acceptors (Lipinski definition) is 1. The van der Waals surface area contributed by atoms with E-state index in [1.165, 1.54) is 27.7 Å². The Kier molecular flexibility index (Phi) is 4.08. The molecular formula is C22H24N2O. The number of amides is 1. The highest BCUT2D eigenvalue weighted by atomic mass is 16.2. The second-order valence-corrected chi connectivity index (χ2v) is 6.90. The summed E-state index contributed by atoms with van der Waals surface area (Å²) in [7, 11) is 0. The number of hydrogen-bond donors (Lipinski definition) is 1. The summed E-state index contributed by atoms with van der Waals surface area (Å²) in [6.07, 6.45) is 1.47. The molecule has 0 bridgehead atoms. The molecule has 3 nitrogen and oxygen atoms in total. The minimum Gasteiger partial charge on any atom is -0.356 e. The van der Waals surface area contributed by atoms with Crippen molar-refractivity contribution in [2.45, 2.75) is 38.6 Å². The Morgan fingerprint density at radius 3 is 2.64 bits per heavy atom. The summed E-state index contributed by atoms with van der Waals surface area (Å²) in [5, 5.41) is 1.30. The summed E-state index contributed by atoms with van der Waals surface area (Å²) < 4.78 is 0. The Bertz CT molecular complexity index is 897. The van der Waals surface area contributed by atoms with Crippen LogP contribution in [0, 0.1) is 0 Å². The van der Waals surface area contributed by atoms with Gasteiger partial charge in [0.2, 0.25) is 5.91 Å². The van der Waals surface area contributed by atoms with E-state index in [9.17, 15) is 4.79 Å². The van der Waals surface area contributed by atoms with Gasteiger partial charge in [-0.2, -0.15) is 0 Å². The fourth-order valence-corrected chi connectivity index (χ4v) is 4.21. The monoisotopic (exact) mass is 332 g/mol. The molecule has 0 radical (unpaired) electrons. The lowest BCUT2D eigenvalue weighted by atomic mass is 9.85. The van der Waals surface area contributed by atoms with Crippen molar-refractivity contribution >= 4 is 16.8 Å². The van der Waals surface area contributed by atoms with Gasteiger partial charge >= 0.3 is 0 Å². The Hall–Kier alpha value is -2.55. The standard InChI is InChI=1S/C22H24N2O/c1-3-20(25)24-14-13-18-17-11-7-8-12-19(17)23-21(18)22(24)15(2)16-9-5-4-6-10-16/h4-12,15,22-23H,3,13-14H2,1-2H3. The maximum atomic E-state index is 12.7. The summed E-state index contributed by atoms with van der Waals surface area (Å²) in [4.78, 5) is 18.4.